The van der Waals surface area contributed by atoms with Crippen molar-refractivity contribution in [2.24, 2.45) is 11.8 Å². The van der Waals surface area contributed by atoms with Crippen molar-refractivity contribution in [2.75, 3.05) is 13.6 Å². The molecule has 1 aromatic carbocycles. The van der Waals surface area contributed by atoms with Gasteiger partial charge in [-0.3, -0.25) is 14.9 Å². The predicted molar refractivity (Wildman–Crippen MR) is 72.3 cm³/mol. The van der Waals surface area contributed by atoms with Gasteiger partial charge in [0.15, 0.2) is 0 Å². The van der Waals surface area contributed by atoms with Crippen LogP contribution in [0, 0.1) is 22.0 Å². The Morgan fingerprint density at radius 1 is 1.58 bits per heavy atom. The van der Waals surface area contributed by atoms with Gasteiger partial charge in [0.05, 0.1) is 15.5 Å². The molecule has 1 amide bonds. The van der Waals surface area contributed by atoms with Gasteiger partial charge in [-0.05, 0) is 24.3 Å². The summed E-state index contributed by atoms with van der Waals surface area (Å²) >= 11 is 5.95. The van der Waals surface area contributed by atoms with E-state index in [4.69, 9.17) is 11.6 Å². The van der Waals surface area contributed by atoms with Crippen molar-refractivity contribution < 1.29 is 9.72 Å². The third kappa shape index (κ3) is 3.04. The zero-order valence-corrected chi connectivity index (χ0v) is 11.6. The van der Waals surface area contributed by atoms with E-state index in [0.717, 1.165) is 6.42 Å². The molecular formula is C13H15ClN2O3. The molecule has 1 aromatic rings. The molecule has 1 aliphatic rings. The van der Waals surface area contributed by atoms with Crippen LogP contribution >= 0.6 is 11.6 Å². The molecule has 1 fully saturated rings. The van der Waals surface area contributed by atoms with Crippen LogP contribution in [0.3, 0.4) is 0 Å². The first-order chi connectivity index (χ1) is 8.90. The first-order valence-corrected chi connectivity index (χ1v) is 6.47. The van der Waals surface area contributed by atoms with Crippen molar-refractivity contribution in [3.8, 4) is 0 Å². The number of hydrogen-bond acceptors (Lipinski definition) is 3. The summed E-state index contributed by atoms with van der Waals surface area (Å²) in [5.41, 5.74) is 0.0626. The fourth-order valence-electron chi connectivity index (χ4n) is 2.08. The minimum absolute atomic E-state index is 0.124. The minimum atomic E-state index is -0.532. The fourth-order valence-corrected chi connectivity index (χ4v) is 2.28. The lowest BCUT2D eigenvalue weighted by atomic mass is 10.1. The van der Waals surface area contributed by atoms with Gasteiger partial charge in [-0.15, -0.1) is 0 Å². The van der Waals surface area contributed by atoms with E-state index in [1.54, 1.807) is 11.9 Å². The maximum atomic E-state index is 12.2. The number of carbonyl (C=O) groups is 1. The Bertz CT molecular complexity index is 533. The molecule has 0 N–H and O–H groups in total. The Hall–Kier alpha value is -1.62. The summed E-state index contributed by atoms with van der Waals surface area (Å²) < 4.78 is 0. The van der Waals surface area contributed by atoms with Crippen molar-refractivity contribution in [2.45, 2.75) is 13.3 Å². The lowest BCUT2D eigenvalue weighted by Crippen LogP contribution is -2.29. The fraction of sp³-hybridized carbons (Fsp3) is 0.462. The number of nitro benzene ring substituents is 1. The topological polar surface area (TPSA) is 63.5 Å². The first kappa shape index (κ1) is 13.8. The number of non-ortho nitro benzene ring substituents is 1. The number of benzene rings is 1. The molecular weight excluding hydrogens is 268 g/mol. The van der Waals surface area contributed by atoms with Crippen molar-refractivity contribution >= 4 is 23.2 Å². The standard InChI is InChI=1S/C13H15ClN2O3/c1-8-5-9(8)7-15(2)13(17)11-6-10(16(18)19)3-4-12(11)14/h3-4,6,8-9H,5,7H2,1-2H3. The van der Waals surface area contributed by atoms with Gasteiger partial charge in [-0.2, -0.15) is 0 Å². The highest BCUT2D eigenvalue weighted by molar-refractivity contribution is 6.33. The molecule has 0 aromatic heterocycles. The third-order valence-corrected chi connectivity index (χ3v) is 3.85. The molecule has 1 aliphatic carbocycles. The van der Waals surface area contributed by atoms with Crippen LogP contribution in [0.1, 0.15) is 23.7 Å². The Kier molecular flexibility index (Phi) is 3.75. The molecule has 0 heterocycles. The second-order valence-electron chi connectivity index (χ2n) is 5.08. The smallest absolute Gasteiger partial charge is 0.270 e. The van der Waals surface area contributed by atoms with Gasteiger partial charge >= 0.3 is 0 Å². The number of halogens is 1. The third-order valence-electron chi connectivity index (χ3n) is 3.52. The van der Waals surface area contributed by atoms with Gasteiger partial charge < -0.3 is 4.90 Å². The highest BCUT2D eigenvalue weighted by Crippen LogP contribution is 2.38. The van der Waals surface area contributed by atoms with E-state index in [0.29, 0.717) is 18.4 Å². The highest BCUT2D eigenvalue weighted by Gasteiger charge is 2.34. The summed E-state index contributed by atoms with van der Waals surface area (Å²) in [5.74, 6) is 0.912. The SMILES string of the molecule is CC1CC1CN(C)C(=O)c1cc([N+](=O)[O-])ccc1Cl. The second-order valence-corrected chi connectivity index (χ2v) is 5.49. The van der Waals surface area contributed by atoms with Crippen LogP contribution < -0.4 is 0 Å². The Balaban J connectivity index is 2.17. The van der Waals surface area contributed by atoms with Gasteiger partial charge in [-0.1, -0.05) is 18.5 Å². The number of carbonyl (C=O) groups excluding carboxylic acids is 1. The zero-order valence-electron chi connectivity index (χ0n) is 10.8. The van der Waals surface area contributed by atoms with Crippen molar-refractivity contribution in [1.82, 2.24) is 4.90 Å². The van der Waals surface area contributed by atoms with Crippen molar-refractivity contribution in [1.29, 1.82) is 0 Å². The normalized spacial score (nSPS) is 21.0. The highest BCUT2D eigenvalue weighted by atomic mass is 35.5. The van der Waals surface area contributed by atoms with Crippen LogP contribution in [0.5, 0.6) is 0 Å². The summed E-state index contributed by atoms with van der Waals surface area (Å²) in [4.78, 5) is 24.0. The number of rotatable bonds is 4. The van der Waals surface area contributed by atoms with E-state index < -0.39 is 4.92 Å². The van der Waals surface area contributed by atoms with Gasteiger partial charge in [0.2, 0.25) is 0 Å². The predicted octanol–water partition coefficient (Wildman–Crippen LogP) is 2.98. The summed E-state index contributed by atoms with van der Waals surface area (Å²) in [5, 5.41) is 11.0. The molecule has 2 unspecified atom stereocenters. The maximum Gasteiger partial charge on any atom is 0.270 e. The quantitative estimate of drug-likeness (QED) is 0.630. The number of amides is 1. The van der Waals surface area contributed by atoms with Crippen LogP contribution in [-0.2, 0) is 0 Å². The summed E-state index contributed by atoms with van der Waals surface area (Å²) in [6, 6.07) is 3.92. The molecule has 19 heavy (non-hydrogen) atoms. The van der Waals surface area contributed by atoms with Crippen LogP contribution in [0.15, 0.2) is 18.2 Å². The Labute approximate surface area is 116 Å². The number of nitro groups is 1. The van der Waals surface area contributed by atoms with E-state index in [1.807, 2.05) is 0 Å². The molecule has 1 saturated carbocycles. The monoisotopic (exact) mass is 282 g/mol. The van der Waals surface area contributed by atoms with Crippen LogP contribution in [0.25, 0.3) is 0 Å². The molecule has 2 atom stereocenters. The van der Waals surface area contributed by atoms with E-state index in [2.05, 4.69) is 6.92 Å². The van der Waals surface area contributed by atoms with Crippen molar-refractivity contribution in [3.05, 3.63) is 38.9 Å². The van der Waals surface area contributed by atoms with E-state index in [9.17, 15) is 14.9 Å². The number of nitrogens with zero attached hydrogens (tertiary/aromatic N) is 2. The van der Waals surface area contributed by atoms with Crippen LogP contribution in [0.4, 0.5) is 5.69 Å². The molecule has 102 valence electrons. The first-order valence-electron chi connectivity index (χ1n) is 6.09. The minimum Gasteiger partial charge on any atom is -0.341 e. The molecule has 5 nitrogen and oxygen atoms in total. The van der Waals surface area contributed by atoms with Crippen molar-refractivity contribution in [3.63, 3.8) is 0 Å². The zero-order chi connectivity index (χ0) is 14.2. The lowest BCUT2D eigenvalue weighted by Gasteiger charge is -2.17. The maximum absolute atomic E-state index is 12.2. The summed E-state index contributed by atoms with van der Waals surface area (Å²) in [6.45, 7) is 2.81. The molecule has 2 rings (SSSR count). The van der Waals surface area contributed by atoms with E-state index >= 15 is 0 Å². The Morgan fingerprint density at radius 2 is 2.21 bits per heavy atom. The molecule has 0 spiro atoms. The lowest BCUT2D eigenvalue weighted by molar-refractivity contribution is -0.384. The average Bonchev–Trinajstić information content (AvgIpc) is 3.04. The van der Waals surface area contributed by atoms with E-state index in [1.165, 1.54) is 18.2 Å². The molecule has 0 saturated heterocycles. The molecule has 0 aliphatic heterocycles. The van der Waals surface area contributed by atoms with Gasteiger partial charge in [0.25, 0.3) is 11.6 Å². The second kappa shape index (κ2) is 5.17. The summed E-state index contributed by atoms with van der Waals surface area (Å²) in [6.07, 6.45) is 1.13. The van der Waals surface area contributed by atoms with Gasteiger partial charge in [0.1, 0.15) is 0 Å². The Morgan fingerprint density at radius 3 is 2.74 bits per heavy atom. The molecule has 6 heteroatoms. The summed E-state index contributed by atoms with van der Waals surface area (Å²) in [7, 11) is 1.70. The van der Waals surface area contributed by atoms with Gasteiger partial charge in [0, 0.05) is 25.7 Å². The average molecular weight is 283 g/mol. The number of hydrogen-bond donors (Lipinski definition) is 0. The van der Waals surface area contributed by atoms with E-state index in [-0.39, 0.29) is 22.2 Å². The molecule has 0 bridgehead atoms. The largest absolute Gasteiger partial charge is 0.341 e. The van der Waals surface area contributed by atoms with Crippen LogP contribution in [0.2, 0.25) is 5.02 Å². The van der Waals surface area contributed by atoms with Crippen LogP contribution in [-0.4, -0.2) is 29.3 Å². The molecule has 0 radical (unpaired) electrons. The van der Waals surface area contributed by atoms with Gasteiger partial charge in [-0.25, -0.2) is 0 Å².